The van der Waals surface area contributed by atoms with Crippen LogP contribution in [0.15, 0.2) is 5.38 Å². The van der Waals surface area contributed by atoms with Gasteiger partial charge in [-0.05, 0) is 44.8 Å². The molecule has 92 valence electrons. The highest BCUT2D eigenvalue weighted by atomic mass is 32.1. The fourth-order valence-corrected chi connectivity index (χ4v) is 2.03. The third-order valence-electron chi connectivity index (χ3n) is 2.77. The SMILES string of the molecule is CCNC(CCC(C)(C)OC)c1csnn1. The topological polar surface area (TPSA) is 47.0 Å². The summed E-state index contributed by atoms with van der Waals surface area (Å²) in [6, 6.07) is 0.290. The second kappa shape index (κ2) is 6.27. The van der Waals surface area contributed by atoms with Crippen molar-refractivity contribution in [3.8, 4) is 0 Å². The summed E-state index contributed by atoms with van der Waals surface area (Å²) in [7, 11) is 1.76. The van der Waals surface area contributed by atoms with E-state index < -0.39 is 0 Å². The maximum absolute atomic E-state index is 5.42. The first-order valence-corrected chi connectivity index (χ1v) is 6.48. The molecule has 1 aromatic rings. The lowest BCUT2D eigenvalue weighted by atomic mass is 9.98. The number of aromatic nitrogens is 2. The fourth-order valence-electron chi connectivity index (χ4n) is 1.52. The number of methoxy groups -OCH3 is 1. The van der Waals surface area contributed by atoms with E-state index in [2.05, 4.69) is 35.7 Å². The van der Waals surface area contributed by atoms with Crippen LogP contribution in [0.3, 0.4) is 0 Å². The first kappa shape index (κ1) is 13.5. The van der Waals surface area contributed by atoms with Gasteiger partial charge in [0, 0.05) is 12.5 Å². The van der Waals surface area contributed by atoms with E-state index in [1.807, 2.05) is 5.38 Å². The molecular weight excluding hydrogens is 222 g/mol. The van der Waals surface area contributed by atoms with E-state index in [0.29, 0.717) is 0 Å². The third-order valence-corrected chi connectivity index (χ3v) is 3.29. The van der Waals surface area contributed by atoms with Crippen molar-refractivity contribution in [3.63, 3.8) is 0 Å². The predicted molar refractivity (Wildman–Crippen MR) is 66.6 cm³/mol. The van der Waals surface area contributed by atoms with E-state index in [4.69, 9.17) is 4.74 Å². The molecule has 1 heterocycles. The maximum Gasteiger partial charge on any atom is 0.0924 e. The molecular formula is C11H21N3OS. The van der Waals surface area contributed by atoms with Crippen molar-refractivity contribution < 1.29 is 4.74 Å². The Morgan fingerprint density at radius 1 is 1.56 bits per heavy atom. The number of hydrogen-bond acceptors (Lipinski definition) is 5. The molecule has 0 saturated carbocycles. The van der Waals surface area contributed by atoms with Gasteiger partial charge in [-0.25, -0.2) is 0 Å². The van der Waals surface area contributed by atoms with E-state index in [9.17, 15) is 0 Å². The summed E-state index contributed by atoms with van der Waals surface area (Å²) < 4.78 is 9.33. The molecule has 0 saturated heterocycles. The third kappa shape index (κ3) is 4.15. The van der Waals surface area contributed by atoms with E-state index in [0.717, 1.165) is 25.1 Å². The summed E-state index contributed by atoms with van der Waals surface area (Å²) in [6.07, 6.45) is 2.01. The smallest absolute Gasteiger partial charge is 0.0924 e. The zero-order chi connectivity index (χ0) is 12.0. The highest BCUT2D eigenvalue weighted by Gasteiger charge is 2.20. The van der Waals surface area contributed by atoms with Gasteiger partial charge in [0.25, 0.3) is 0 Å². The van der Waals surface area contributed by atoms with Crippen LogP contribution in [0.5, 0.6) is 0 Å². The average Bonchev–Trinajstić information content (AvgIpc) is 2.77. The standard InChI is InChI=1S/C11H21N3OS/c1-5-12-9(10-8-16-14-13-10)6-7-11(2,3)15-4/h8-9,12H,5-7H2,1-4H3. The molecule has 0 aliphatic carbocycles. The largest absolute Gasteiger partial charge is 0.379 e. The summed E-state index contributed by atoms with van der Waals surface area (Å²) >= 11 is 1.40. The van der Waals surface area contributed by atoms with Crippen LogP contribution in [0.1, 0.15) is 45.3 Å². The van der Waals surface area contributed by atoms with Crippen molar-refractivity contribution in [1.29, 1.82) is 0 Å². The molecule has 0 spiro atoms. The fraction of sp³-hybridized carbons (Fsp3) is 0.818. The van der Waals surface area contributed by atoms with Crippen molar-refractivity contribution >= 4 is 11.5 Å². The van der Waals surface area contributed by atoms with Crippen LogP contribution in [-0.2, 0) is 4.74 Å². The van der Waals surface area contributed by atoms with Crippen molar-refractivity contribution in [2.45, 2.75) is 45.3 Å². The molecule has 0 aromatic carbocycles. The zero-order valence-electron chi connectivity index (χ0n) is 10.5. The maximum atomic E-state index is 5.42. The van der Waals surface area contributed by atoms with Crippen molar-refractivity contribution in [1.82, 2.24) is 14.9 Å². The molecule has 1 rings (SSSR count). The monoisotopic (exact) mass is 243 g/mol. The molecule has 1 N–H and O–H groups in total. The quantitative estimate of drug-likeness (QED) is 0.799. The van der Waals surface area contributed by atoms with E-state index in [1.165, 1.54) is 11.5 Å². The van der Waals surface area contributed by atoms with Gasteiger partial charge in [0.2, 0.25) is 0 Å². The minimum absolute atomic E-state index is 0.0723. The van der Waals surface area contributed by atoms with Crippen LogP contribution in [0.25, 0.3) is 0 Å². The number of hydrogen-bond donors (Lipinski definition) is 1. The number of ether oxygens (including phenoxy) is 1. The highest BCUT2D eigenvalue weighted by Crippen LogP contribution is 2.23. The second-order valence-corrected chi connectivity index (χ2v) is 5.05. The lowest BCUT2D eigenvalue weighted by molar-refractivity contribution is 0.0116. The first-order chi connectivity index (χ1) is 7.59. The Morgan fingerprint density at radius 3 is 2.81 bits per heavy atom. The second-order valence-electron chi connectivity index (χ2n) is 4.44. The number of nitrogens with zero attached hydrogens (tertiary/aromatic N) is 2. The lowest BCUT2D eigenvalue weighted by Crippen LogP contribution is -2.27. The normalized spacial score (nSPS) is 14.0. The van der Waals surface area contributed by atoms with Gasteiger partial charge in [-0.3, -0.25) is 0 Å². The highest BCUT2D eigenvalue weighted by molar-refractivity contribution is 7.03. The van der Waals surface area contributed by atoms with Gasteiger partial charge in [0.1, 0.15) is 0 Å². The molecule has 0 fully saturated rings. The van der Waals surface area contributed by atoms with Crippen LogP contribution in [0.2, 0.25) is 0 Å². The Labute approximate surface area is 102 Å². The lowest BCUT2D eigenvalue weighted by Gasteiger charge is -2.25. The van der Waals surface area contributed by atoms with Crippen LogP contribution >= 0.6 is 11.5 Å². The predicted octanol–water partition coefficient (Wildman–Crippen LogP) is 2.39. The van der Waals surface area contributed by atoms with Gasteiger partial charge in [-0.15, -0.1) is 5.10 Å². The summed E-state index contributed by atoms with van der Waals surface area (Å²) in [5.74, 6) is 0. The minimum Gasteiger partial charge on any atom is -0.379 e. The molecule has 4 nitrogen and oxygen atoms in total. The minimum atomic E-state index is -0.0723. The van der Waals surface area contributed by atoms with Gasteiger partial charge < -0.3 is 10.1 Å². The van der Waals surface area contributed by atoms with Crippen LogP contribution in [-0.4, -0.2) is 28.8 Å². The van der Waals surface area contributed by atoms with Crippen molar-refractivity contribution in [2.24, 2.45) is 0 Å². The van der Waals surface area contributed by atoms with Gasteiger partial charge in [0.15, 0.2) is 0 Å². The summed E-state index contributed by atoms with van der Waals surface area (Å²) in [5, 5.41) is 9.56. The van der Waals surface area contributed by atoms with Crippen molar-refractivity contribution in [3.05, 3.63) is 11.1 Å². The molecule has 1 atom stereocenters. The molecule has 0 aliphatic rings. The van der Waals surface area contributed by atoms with Crippen LogP contribution < -0.4 is 5.32 Å². The van der Waals surface area contributed by atoms with Gasteiger partial charge in [-0.1, -0.05) is 11.4 Å². The van der Waals surface area contributed by atoms with Gasteiger partial charge in [-0.2, -0.15) is 0 Å². The molecule has 0 radical (unpaired) electrons. The Morgan fingerprint density at radius 2 is 2.31 bits per heavy atom. The van der Waals surface area contributed by atoms with Crippen LogP contribution in [0, 0.1) is 0 Å². The van der Waals surface area contributed by atoms with E-state index in [1.54, 1.807) is 7.11 Å². The van der Waals surface area contributed by atoms with E-state index in [-0.39, 0.29) is 11.6 Å². The molecule has 5 heteroatoms. The van der Waals surface area contributed by atoms with Crippen LogP contribution in [0.4, 0.5) is 0 Å². The van der Waals surface area contributed by atoms with Gasteiger partial charge >= 0.3 is 0 Å². The molecule has 1 aromatic heterocycles. The van der Waals surface area contributed by atoms with Gasteiger partial charge in [0.05, 0.1) is 17.3 Å². The Kier molecular flexibility index (Phi) is 5.31. The molecule has 0 aliphatic heterocycles. The number of rotatable bonds is 7. The Balaban J connectivity index is 2.53. The summed E-state index contributed by atoms with van der Waals surface area (Å²) in [4.78, 5) is 0. The average molecular weight is 243 g/mol. The van der Waals surface area contributed by atoms with Crippen molar-refractivity contribution in [2.75, 3.05) is 13.7 Å². The summed E-state index contributed by atoms with van der Waals surface area (Å²) in [6.45, 7) is 7.26. The number of nitrogens with one attached hydrogen (secondary N) is 1. The summed E-state index contributed by atoms with van der Waals surface area (Å²) in [5.41, 5.74) is 0.968. The van der Waals surface area contributed by atoms with E-state index >= 15 is 0 Å². The zero-order valence-corrected chi connectivity index (χ0v) is 11.3. The first-order valence-electron chi connectivity index (χ1n) is 5.64. The molecule has 1 unspecified atom stereocenters. The molecule has 0 bridgehead atoms. The Hall–Kier alpha value is -0.520. The molecule has 16 heavy (non-hydrogen) atoms. The molecule has 0 amide bonds. The Bertz CT molecular complexity index is 287.